The number of aromatic nitrogens is 4. The van der Waals surface area contributed by atoms with Gasteiger partial charge in [-0.05, 0) is 62.1 Å². The zero-order chi connectivity index (χ0) is 18.3. The van der Waals surface area contributed by atoms with Gasteiger partial charge in [0.25, 0.3) is 0 Å². The number of hydrogen-bond donors (Lipinski definition) is 0. The van der Waals surface area contributed by atoms with Gasteiger partial charge in [-0.2, -0.15) is 0 Å². The molecule has 0 aliphatic carbocycles. The summed E-state index contributed by atoms with van der Waals surface area (Å²) in [5.41, 5.74) is 7.90. The maximum Gasteiger partial charge on any atom is 0.244 e. The van der Waals surface area contributed by atoms with E-state index in [0.29, 0.717) is 0 Å². The SMILES string of the molecule is Cc1ccc2c(c1)n(C)c[n+]2CCCC[n+]1cn(C)c2cc(C)ccc21. The van der Waals surface area contributed by atoms with Crippen molar-refractivity contribution in [1.82, 2.24) is 9.13 Å². The molecule has 2 aromatic carbocycles. The molecule has 2 aromatic heterocycles. The van der Waals surface area contributed by atoms with E-state index in [1.165, 1.54) is 46.0 Å². The van der Waals surface area contributed by atoms with E-state index in [4.69, 9.17) is 0 Å². The first-order valence-corrected chi connectivity index (χ1v) is 9.43. The van der Waals surface area contributed by atoms with Crippen LogP contribution in [0.1, 0.15) is 24.0 Å². The molecule has 4 rings (SSSR count). The lowest BCUT2D eigenvalue weighted by Gasteiger charge is -2.00. The Hall–Kier alpha value is -2.62. The van der Waals surface area contributed by atoms with Crippen molar-refractivity contribution in [3.63, 3.8) is 0 Å². The molecule has 0 amide bonds. The summed E-state index contributed by atoms with van der Waals surface area (Å²) in [5.74, 6) is 0. The normalized spacial score (nSPS) is 11.7. The second-order valence-corrected chi connectivity index (χ2v) is 7.53. The molecule has 4 heteroatoms. The summed E-state index contributed by atoms with van der Waals surface area (Å²) >= 11 is 0. The predicted molar refractivity (Wildman–Crippen MR) is 105 cm³/mol. The van der Waals surface area contributed by atoms with E-state index in [1.54, 1.807) is 0 Å². The Bertz CT molecular complexity index is 997. The van der Waals surface area contributed by atoms with Crippen molar-refractivity contribution in [2.24, 2.45) is 14.1 Å². The Labute approximate surface area is 154 Å². The van der Waals surface area contributed by atoms with Crippen LogP contribution in [0.4, 0.5) is 0 Å². The lowest BCUT2D eigenvalue weighted by Crippen LogP contribution is -2.35. The first kappa shape index (κ1) is 16.8. The van der Waals surface area contributed by atoms with Gasteiger partial charge < -0.3 is 0 Å². The van der Waals surface area contributed by atoms with Crippen molar-refractivity contribution in [3.05, 3.63) is 60.2 Å². The van der Waals surface area contributed by atoms with Crippen molar-refractivity contribution >= 4 is 22.1 Å². The van der Waals surface area contributed by atoms with Gasteiger partial charge in [0.2, 0.25) is 12.7 Å². The largest absolute Gasteiger partial charge is 0.244 e. The topological polar surface area (TPSA) is 17.6 Å². The van der Waals surface area contributed by atoms with Gasteiger partial charge in [0, 0.05) is 0 Å². The molecule has 0 radical (unpaired) electrons. The number of fused-ring (bicyclic) bond motifs is 2. The van der Waals surface area contributed by atoms with E-state index >= 15 is 0 Å². The summed E-state index contributed by atoms with van der Waals surface area (Å²) in [7, 11) is 4.26. The first-order chi connectivity index (χ1) is 12.5. The van der Waals surface area contributed by atoms with Crippen LogP contribution in [0.15, 0.2) is 49.1 Å². The van der Waals surface area contributed by atoms with Crippen LogP contribution in [0.2, 0.25) is 0 Å². The van der Waals surface area contributed by atoms with E-state index in [9.17, 15) is 0 Å². The third-order valence-corrected chi connectivity index (χ3v) is 5.31. The van der Waals surface area contributed by atoms with Crippen LogP contribution in [-0.4, -0.2) is 9.13 Å². The highest BCUT2D eigenvalue weighted by Gasteiger charge is 2.15. The monoisotopic (exact) mass is 348 g/mol. The van der Waals surface area contributed by atoms with Gasteiger partial charge in [-0.25, -0.2) is 18.3 Å². The maximum atomic E-state index is 2.38. The molecule has 0 saturated carbocycles. The molecule has 26 heavy (non-hydrogen) atoms. The zero-order valence-electron chi connectivity index (χ0n) is 16.2. The molecule has 4 aromatic rings. The van der Waals surface area contributed by atoms with Gasteiger partial charge in [-0.3, -0.25) is 0 Å². The zero-order valence-corrected chi connectivity index (χ0v) is 16.2. The summed E-state index contributed by atoms with van der Waals surface area (Å²) in [6.07, 6.45) is 6.79. The molecule has 0 bridgehead atoms. The third-order valence-electron chi connectivity index (χ3n) is 5.31. The third kappa shape index (κ3) is 3.00. The summed E-state index contributed by atoms with van der Waals surface area (Å²) in [4.78, 5) is 0. The average Bonchev–Trinajstić information content (AvgIpc) is 3.09. The molecule has 0 saturated heterocycles. The van der Waals surface area contributed by atoms with Crippen LogP contribution < -0.4 is 9.13 Å². The molecule has 0 fully saturated rings. The van der Waals surface area contributed by atoms with Crippen LogP contribution in [0.3, 0.4) is 0 Å². The lowest BCUT2D eigenvalue weighted by molar-refractivity contribution is -0.683. The van der Waals surface area contributed by atoms with Crippen LogP contribution in [0.25, 0.3) is 22.1 Å². The molecule has 2 heterocycles. The Morgan fingerprint density at radius 2 is 1.12 bits per heavy atom. The Morgan fingerprint density at radius 1 is 0.692 bits per heavy atom. The molecule has 4 nitrogen and oxygen atoms in total. The molecule has 0 unspecified atom stereocenters. The van der Waals surface area contributed by atoms with Gasteiger partial charge in [-0.1, -0.05) is 12.1 Å². The summed E-state index contributed by atoms with van der Waals surface area (Å²) in [6, 6.07) is 13.4. The van der Waals surface area contributed by atoms with Gasteiger partial charge >= 0.3 is 0 Å². The van der Waals surface area contributed by atoms with Crippen molar-refractivity contribution in [2.75, 3.05) is 0 Å². The second-order valence-electron chi connectivity index (χ2n) is 7.53. The fourth-order valence-corrected chi connectivity index (χ4v) is 3.91. The molecule has 0 N–H and O–H groups in total. The van der Waals surface area contributed by atoms with E-state index in [0.717, 1.165) is 13.1 Å². The standard InChI is InChI=1S/C22H28N4/c1-17-7-9-19-21(13-17)23(3)15-25(19)11-5-6-12-26-16-24(4)22-14-18(2)8-10-20(22)26/h7-10,13-16H,5-6,11-12H2,1-4H3/q+2. The van der Waals surface area contributed by atoms with E-state index in [-0.39, 0.29) is 0 Å². The Morgan fingerprint density at radius 3 is 1.54 bits per heavy atom. The molecule has 0 atom stereocenters. The van der Waals surface area contributed by atoms with Crippen LogP contribution >= 0.6 is 0 Å². The highest BCUT2D eigenvalue weighted by Crippen LogP contribution is 2.14. The van der Waals surface area contributed by atoms with E-state index < -0.39 is 0 Å². The smallest absolute Gasteiger partial charge is 0.233 e. The van der Waals surface area contributed by atoms with Gasteiger partial charge in [0.05, 0.1) is 27.2 Å². The first-order valence-electron chi connectivity index (χ1n) is 9.43. The highest BCUT2D eigenvalue weighted by atomic mass is 15.1. The van der Waals surface area contributed by atoms with Crippen molar-refractivity contribution in [1.29, 1.82) is 0 Å². The second kappa shape index (κ2) is 6.60. The quantitative estimate of drug-likeness (QED) is 0.389. The predicted octanol–water partition coefficient (Wildman–Crippen LogP) is 3.34. The summed E-state index contributed by atoms with van der Waals surface area (Å²) in [5, 5.41) is 0. The van der Waals surface area contributed by atoms with Gasteiger partial charge in [0.1, 0.15) is 0 Å². The number of nitrogens with zero attached hydrogens (tertiary/aromatic N) is 4. The number of unbranched alkanes of at least 4 members (excludes halogenated alkanes) is 1. The van der Waals surface area contributed by atoms with E-state index in [2.05, 4.69) is 95.3 Å². The van der Waals surface area contributed by atoms with E-state index in [1.807, 2.05) is 0 Å². The minimum atomic E-state index is 1.06. The molecular weight excluding hydrogens is 320 g/mol. The number of imidazole rings is 2. The molecule has 134 valence electrons. The summed E-state index contributed by atoms with van der Waals surface area (Å²) in [6.45, 7) is 6.43. The molecular formula is C22H28N4+2. The van der Waals surface area contributed by atoms with Crippen molar-refractivity contribution in [3.8, 4) is 0 Å². The number of benzene rings is 2. The van der Waals surface area contributed by atoms with Crippen LogP contribution in [0.5, 0.6) is 0 Å². The van der Waals surface area contributed by atoms with Gasteiger partial charge in [-0.15, -0.1) is 0 Å². The average molecular weight is 348 g/mol. The highest BCUT2D eigenvalue weighted by molar-refractivity contribution is 5.73. The Kier molecular flexibility index (Phi) is 4.27. The van der Waals surface area contributed by atoms with Crippen molar-refractivity contribution < 1.29 is 9.13 Å². The molecule has 0 spiro atoms. The molecule has 0 aliphatic rings. The summed E-state index contributed by atoms with van der Waals surface area (Å²) < 4.78 is 9.21. The number of hydrogen-bond acceptors (Lipinski definition) is 0. The molecule has 0 aliphatic heterocycles. The minimum Gasteiger partial charge on any atom is -0.233 e. The van der Waals surface area contributed by atoms with Gasteiger partial charge in [0.15, 0.2) is 22.1 Å². The van der Waals surface area contributed by atoms with Crippen LogP contribution in [-0.2, 0) is 27.2 Å². The number of aryl methyl sites for hydroxylation is 6. The fourth-order valence-electron chi connectivity index (χ4n) is 3.91. The fraction of sp³-hybridized carbons (Fsp3) is 0.364. The maximum absolute atomic E-state index is 2.38. The minimum absolute atomic E-state index is 1.06. The lowest BCUT2D eigenvalue weighted by atomic mass is 10.2. The van der Waals surface area contributed by atoms with Crippen molar-refractivity contribution in [2.45, 2.75) is 39.8 Å². The number of rotatable bonds is 5. The van der Waals surface area contributed by atoms with Crippen LogP contribution in [0, 0.1) is 13.8 Å². The Balaban J connectivity index is 1.45.